The Balaban J connectivity index is 1.18. The molecule has 5 fully saturated rings. The first-order chi connectivity index (χ1) is 17.8. The Kier molecular flexibility index (Phi) is 8.59. The fraction of sp³-hybridized carbons (Fsp3) is 0.917. The van der Waals surface area contributed by atoms with E-state index in [1.165, 1.54) is 0 Å². The quantitative estimate of drug-likeness (QED) is 0.274. The van der Waals surface area contributed by atoms with Crippen molar-refractivity contribution in [2.24, 2.45) is 17.6 Å². The molecule has 6 N–H and O–H groups in total. The topological polar surface area (TPSA) is 121 Å². The van der Waals surface area contributed by atoms with E-state index in [1.807, 2.05) is 4.90 Å². The molecule has 37 heavy (non-hydrogen) atoms. The molecule has 7 atom stereocenters. The van der Waals surface area contributed by atoms with Crippen molar-refractivity contribution in [3.05, 3.63) is 0 Å². The number of carbonyl (C=O) groups is 2. The Bertz CT molecular complexity index is 817. The molecule has 5 saturated heterocycles. The lowest BCUT2D eigenvalue weighted by atomic mass is 9.89. The Labute approximate surface area is 217 Å². The minimum Gasteiger partial charge on any atom is -0.350 e. The van der Waals surface area contributed by atoms with Crippen molar-refractivity contribution in [2.75, 3.05) is 72.5 Å². The van der Waals surface area contributed by atoms with E-state index in [4.69, 9.17) is 5.73 Å². The third kappa shape index (κ3) is 5.92. The summed E-state index contributed by atoms with van der Waals surface area (Å²) in [5.41, 5.74) is 9.20. The number of nitrogens with one attached hydrogen (secondary N) is 4. The molecule has 5 aliphatic rings. The van der Waals surface area contributed by atoms with E-state index in [-0.39, 0.29) is 37.4 Å². The lowest BCUT2D eigenvalue weighted by Gasteiger charge is -2.45. The van der Waals surface area contributed by atoms with Crippen molar-refractivity contribution in [1.82, 2.24) is 41.1 Å². The van der Waals surface area contributed by atoms with Crippen LogP contribution < -0.4 is 27.1 Å². The number of fused-ring (bicyclic) bond motifs is 1. The van der Waals surface area contributed by atoms with Gasteiger partial charge in [0.15, 0.2) is 0 Å². The SMILES string of the molecule is CN1CCCN(C(=O)C2CCN(C3C(F)CNCC3NC(=O)C3C(N)NN4CC(F)CNC34)CC2)CC1. The average molecular weight is 528 g/mol. The number of piperidine rings is 2. The Hall–Kier alpha value is -1.48. The summed E-state index contributed by atoms with van der Waals surface area (Å²) in [6.45, 7) is 5.75. The fourth-order valence-corrected chi connectivity index (χ4v) is 6.72. The normalized spacial score (nSPS) is 39.2. The van der Waals surface area contributed by atoms with E-state index in [0.29, 0.717) is 32.5 Å². The molecule has 0 saturated carbocycles. The van der Waals surface area contributed by atoms with Crippen LogP contribution in [-0.4, -0.2) is 141 Å². The van der Waals surface area contributed by atoms with Gasteiger partial charge in [-0.3, -0.25) is 19.8 Å². The molecule has 5 aliphatic heterocycles. The first kappa shape index (κ1) is 27.1. The molecule has 0 radical (unpaired) electrons. The van der Waals surface area contributed by atoms with E-state index in [0.717, 1.165) is 32.6 Å². The van der Waals surface area contributed by atoms with Crippen molar-refractivity contribution < 1.29 is 18.4 Å². The fourth-order valence-electron chi connectivity index (χ4n) is 6.72. The van der Waals surface area contributed by atoms with Gasteiger partial charge >= 0.3 is 0 Å². The zero-order valence-electron chi connectivity index (χ0n) is 21.7. The molecule has 5 heterocycles. The summed E-state index contributed by atoms with van der Waals surface area (Å²) >= 11 is 0. The smallest absolute Gasteiger partial charge is 0.229 e. The maximum atomic E-state index is 15.3. The van der Waals surface area contributed by atoms with E-state index in [1.54, 1.807) is 5.01 Å². The number of carbonyl (C=O) groups excluding carboxylic acids is 2. The van der Waals surface area contributed by atoms with Crippen LogP contribution in [0.5, 0.6) is 0 Å². The van der Waals surface area contributed by atoms with Gasteiger partial charge in [-0.25, -0.2) is 19.2 Å². The average Bonchev–Trinajstić information content (AvgIpc) is 3.04. The molecule has 0 aliphatic carbocycles. The summed E-state index contributed by atoms with van der Waals surface area (Å²) in [7, 11) is 2.09. The standard InChI is InChI=1S/C24H43F2N9O2/c1-32-5-2-6-34(10-9-32)24(37)15-3-7-33(8-4-15)20-17(26)12-28-13-18(20)30-23(36)19-21(27)31-35-14-16(25)11-29-22(19)35/h15-22,28-29,31H,2-14,27H2,1H3,(H,30,36). The number of rotatable bonds is 4. The third-order valence-corrected chi connectivity index (χ3v) is 8.77. The van der Waals surface area contributed by atoms with Gasteiger partial charge in [0.1, 0.15) is 12.3 Å². The van der Waals surface area contributed by atoms with E-state index in [9.17, 15) is 14.0 Å². The number of hydrogen-bond acceptors (Lipinski definition) is 9. The predicted molar refractivity (Wildman–Crippen MR) is 134 cm³/mol. The van der Waals surface area contributed by atoms with E-state index in [2.05, 4.69) is 38.2 Å². The van der Waals surface area contributed by atoms with Crippen molar-refractivity contribution >= 4 is 11.8 Å². The highest BCUT2D eigenvalue weighted by Gasteiger charge is 2.48. The summed E-state index contributed by atoms with van der Waals surface area (Å²) in [5, 5.41) is 10.9. The van der Waals surface area contributed by atoms with E-state index >= 15 is 4.39 Å². The summed E-state index contributed by atoms with van der Waals surface area (Å²) in [5.74, 6) is -0.689. The van der Waals surface area contributed by atoms with Gasteiger partial charge in [-0.15, -0.1) is 0 Å². The summed E-state index contributed by atoms with van der Waals surface area (Å²) in [6, 6.07) is -0.896. The number of likely N-dealkylation sites (N-methyl/N-ethyl adjacent to an activating group) is 1. The van der Waals surface area contributed by atoms with Crippen molar-refractivity contribution in [3.63, 3.8) is 0 Å². The summed E-state index contributed by atoms with van der Waals surface area (Å²) in [4.78, 5) is 32.9. The van der Waals surface area contributed by atoms with Crippen LogP contribution in [0.15, 0.2) is 0 Å². The van der Waals surface area contributed by atoms with Crippen LogP contribution in [0.25, 0.3) is 0 Å². The molecule has 2 amide bonds. The van der Waals surface area contributed by atoms with Gasteiger partial charge in [0.2, 0.25) is 11.8 Å². The lowest BCUT2D eigenvalue weighted by Crippen LogP contribution is -2.67. The number of halogens is 2. The Morgan fingerprint density at radius 2 is 1.78 bits per heavy atom. The van der Waals surface area contributed by atoms with Crippen molar-refractivity contribution in [3.8, 4) is 0 Å². The second-order valence-electron chi connectivity index (χ2n) is 11.4. The second kappa shape index (κ2) is 11.7. The first-order valence-electron chi connectivity index (χ1n) is 13.8. The van der Waals surface area contributed by atoms with Crippen LogP contribution in [0, 0.1) is 11.8 Å². The van der Waals surface area contributed by atoms with Gasteiger partial charge in [0.25, 0.3) is 0 Å². The molecular formula is C24H43F2N9O2. The van der Waals surface area contributed by atoms with Crippen LogP contribution in [0.1, 0.15) is 19.3 Å². The number of likely N-dealkylation sites (tertiary alicyclic amines) is 1. The van der Waals surface area contributed by atoms with Gasteiger partial charge in [-0.05, 0) is 45.9 Å². The van der Waals surface area contributed by atoms with E-state index < -0.39 is 42.7 Å². The molecule has 0 bridgehead atoms. The molecule has 11 nitrogen and oxygen atoms in total. The summed E-state index contributed by atoms with van der Waals surface area (Å²) < 4.78 is 29.1. The largest absolute Gasteiger partial charge is 0.350 e. The van der Waals surface area contributed by atoms with Crippen LogP contribution in [0.4, 0.5) is 8.78 Å². The molecule has 0 spiro atoms. The molecular weight excluding hydrogens is 484 g/mol. The number of hydrazine groups is 1. The zero-order valence-corrected chi connectivity index (χ0v) is 21.7. The van der Waals surface area contributed by atoms with Crippen LogP contribution in [0.2, 0.25) is 0 Å². The van der Waals surface area contributed by atoms with Gasteiger partial charge in [0, 0.05) is 51.7 Å². The van der Waals surface area contributed by atoms with Crippen LogP contribution in [0.3, 0.4) is 0 Å². The minimum atomic E-state index is -1.14. The summed E-state index contributed by atoms with van der Waals surface area (Å²) in [6.07, 6.45) is -0.842. The molecule has 210 valence electrons. The molecule has 0 aromatic carbocycles. The Morgan fingerprint density at radius 3 is 2.57 bits per heavy atom. The number of nitrogens with two attached hydrogens (primary N) is 1. The maximum Gasteiger partial charge on any atom is 0.229 e. The van der Waals surface area contributed by atoms with Crippen LogP contribution in [-0.2, 0) is 9.59 Å². The highest BCUT2D eigenvalue weighted by Crippen LogP contribution is 2.27. The first-order valence-corrected chi connectivity index (χ1v) is 13.8. The van der Waals surface area contributed by atoms with Crippen LogP contribution >= 0.6 is 0 Å². The highest BCUT2D eigenvalue weighted by atomic mass is 19.1. The van der Waals surface area contributed by atoms with Crippen molar-refractivity contribution in [2.45, 2.75) is 56.0 Å². The monoisotopic (exact) mass is 527 g/mol. The van der Waals surface area contributed by atoms with Gasteiger partial charge in [0.05, 0.1) is 30.3 Å². The van der Waals surface area contributed by atoms with Crippen molar-refractivity contribution in [1.29, 1.82) is 0 Å². The second-order valence-corrected chi connectivity index (χ2v) is 11.4. The molecule has 7 unspecified atom stereocenters. The van der Waals surface area contributed by atoms with Gasteiger partial charge in [-0.2, -0.15) is 0 Å². The van der Waals surface area contributed by atoms with Gasteiger partial charge < -0.3 is 26.2 Å². The third-order valence-electron chi connectivity index (χ3n) is 8.77. The predicted octanol–water partition coefficient (Wildman–Crippen LogP) is -2.35. The highest BCUT2D eigenvalue weighted by molar-refractivity contribution is 5.81. The molecule has 0 aromatic rings. The molecule has 5 rings (SSSR count). The number of alkyl halides is 2. The number of hydrogen-bond donors (Lipinski definition) is 5. The molecule has 13 heteroatoms. The molecule has 0 aromatic heterocycles. The maximum absolute atomic E-state index is 15.3. The zero-order chi connectivity index (χ0) is 26.1. The Morgan fingerprint density at radius 1 is 1.00 bits per heavy atom. The number of amides is 2. The van der Waals surface area contributed by atoms with Gasteiger partial charge in [-0.1, -0.05) is 0 Å². The lowest BCUT2D eigenvalue weighted by molar-refractivity contribution is -0.137. The minimum absolute atomic E-state index is 0.0299. The number of nitrogens with zero attached hydrogens (tertiary/aromatic N) is 4.